The molecule has 6 heteroatoms. The van der Waals surface area contributed by atoms with Crippen LogP contribution in [0, 0.1) is 0 Å². The van der Waals surface area contributed by atoms with E-state index in [1.165, 1.54) is 0 Å². The first-order valence-electron chi connectivity index (χ1n) is 6.02. The summed E-state index contributed by atoms with van der Waals surface area (Å²) >= 11 is 0. The lowest BCUT2D eigenvalue weighted by Crippen LogP contribution is -2.39. The van der Waals surface area contributed by atoms with Crippen molar-refractivity contribution in [2.24, 2.45) is 5.16 Å². The molecule has 0 spiro atoms. The lowest BCUT2D eigenvalue weighted by atomic mass is 10.0. The van der Waals surface area contributed by atoms with E-state index < -0.39 is 18.1 Å². The molecule has 3 rings (SSSR count). The molecular weight excluding hydrogens is 248 g/mol. The van der Waals surface area contributed by atoms with Crippen LogP contribution in [-0.4, -0.2) is 41.9 Å². The number of amides is 2. The van der Waals surface area contributed by atoms with Gasteiger partial charge in [0.15, 0.2) is 0 Å². The summed E-state index contributed by atoms with van der Waals surface area (Å²) in [5, 5.41) is 3.92. The van der Waals surface area contributed by atoms with Gasteiger partial charge in [-0.2, -0.15) is 0 Å². The molecule has 0 N–H and O–H groups in total. The fraction of sp³-hybridized carbons (Fsp3) is 0.308. The summed E-state index contributed by atoms with van der Waals surface area (Å²) in [7, 11) is 0. The molecule has 1 atom stereocenters. The maximum absolute atomic E-state index is 12.1. The van der Waals surface area contributed by atoms with Crippen molar-refractivity contribution in [1.29, 1.82) is 0 Å². The molecule has 1 unspecified atom stereocenters. The number of oxime groups is 1. The zero-order chi connectivity index (χ0) is 13.2. The number of hydrogen-bond donors (Lipinski definition) is 0. The number of carbonyl (C=O) groups is 2. The lowest BCUT2D eigenvalue weighted by molar-refractivity contribution is -0.138. The molecular formula is C13H12N2O4. The predicted octanol–water partition coefficient (Wildman–Crippen LogP) is 1.16. The SMILES string of the molecule is O=C1OCCN1C(=O)C1CC(c2ccccc2)=NO1. The highest BCUT2D eigenvalue weighted by Gasteiger charge is 2.38. The van der Waals surface area contributed by atoms with Crippen LogP contribution in [0.2, 0.25) is 0 Å². The third-order valence-electron chi connectivity index (χ3n) is 3.08. The first-order chi connectivity index (χ1) is 9.25. The predicted molar refractivity (Wildman–Crippen MR) is 65.5 cm³/mol. The second kappa shape index (κ2) is 4.72. The van der Waals surface area contributed by atoms with E-state index in [1.54, 1.807) is 0 Å². The fourth-order valence-corrected chi connectivity index (χ4v) is 2.08. The van der Waals surface area contributed by atoms with E-state index in [0.29, 0.717) is 12.1 Å². The van der Waals surface area contributed by atoms with E-state index in [1.807, 2.05) is 30.3 Å². The molecule has 2 aliphatic rings. The van der Waals surface area contributed by atoms with Crippen molar-refractivity contribution in [2.45, 2.75) is 12.5 Å². The smallest absolute Gasteiger partial charge is 0.416 e. The Morgan fingerprint density at radius 1 is 1.32 bits per heavy atom. The van der Waals surface area contributed by atoms with Crippen LogP contribution in [-0.2, 0) is 14.4 Å². The van der Waals surface area contributed by atoms with Gasteiger partial charge in [-0.05, 0) is 5.56 Å². The van der Waals surface area contributed by atoms with Gasteiger partial charge in [0.05, 0.1) is 12.3 Å². The molecule has 2 amide bonds. The van der Waals surface area contributed by atoms with E-state index in [9.17, 15) is 9.59 Å². The standard InChI is InChI=1S/C13H12N2O4/c16-12(15-6-7-18-13(15)17)11-8-10(14-19-11)9-4-2-1-3-5-9/h1-5,11H,6-8H2. The molecule has 0 radical (unpaired) electrons. The Hall–Kier alpha value is -2.37. The Balaban J connectivity index is 1.68. The van der Waals surface area contributed by atoms with Crippen molar-refractivity contribution in [1.82, 2.24) is 4.90 Å². The van der Waals surface area contributed by atoms with Crippen LogP contribution in [0.4, 0.5) is 4.79 Å². The summed E-state index contributed by atoms with van der Waals surface area (Å²) in [6.45, 7) is 0.516. The van der Waals surface area contributed by atoms with Crippen molar-refractivity contribution in [3.05, 3.63) is 35.9 Å². The Bertz CT molecular complexity index is 541. The summed E-state index contributed by atoms with van der Waals surface area (Å²) in [6, 6.07) is 9.50. The summed E-state index contributed by atoms with van der Waals surface area (Å²) in [6.07, 6.45) is -0.977. The molecule has 6 nitrogen and oxygen atoms in total. The van der Waals surface area contributed by atoms with Gasteiger partial charge < -0.3 is 9.57 Å². The highest BCUT2D eigenvalue weighted by Crippen LogP contribution is 2.19. The molecule has 19 heavy (non-hydrogen) atoms. The maximum atomic E-state index is 12.1. The summed E-state index contributed by atoms with van der Waals surface area (Å²) < 4.78 is 4.73. The minimum Gasteiger partial charge on any atom is -0.447 e. The average molecular weight is 260 g/mol. The number of benzene rings is 1. The third-order valence-corrected chi connectivity index (χ3v) is 3.08. The van der Waals surface area contributed by atoms with Crippen molar-refractivity contribution in [2.75, 3.05) is 13.2 Å². The van der Waals surface area contributed by atoms with E-state index in [4.69, 9.17) is 9.57 Å². The summed E-state index contributed by atoms with van der Waals surface area (Å²) in [4.78, 5) is 29.6. The van der Waals surface area contributed by atoms with Gasteiger partial charge in [0, 0.05) is 6.42 Å². The van der Waals surface area contributed by atoms with E-state index in [0.717, 1.165) is 10.5 Å². The number of nitrogens with zero attached hydrogens (tertiary/aromatic N) is 2. The average Bonchev–Trinajstić information content (AvgIpc) is 3.08. The van der Waals surface area contributed by atoms with Gasteiger partial charge in [-0.15, -0.1) is 0 Å². The number of imide groups is 1. The van der Waals surface area contributed by atoms with Crippen molar-refractivity contribution in [3.63, 3.8) is 0 Å². The largest absolute Gasteiger partial charge is 0.447 e. The number of hydrogen-bond acceptors (Lipinski definition) is 5. The van der Waals surface area contributed by atoms with E-state index in [-0.39, 0.29) is 13.2 Å². The molecule has 1 aromatic carbocycles. The van der Waals surface area contributed by atoms with Crippen LogP contribution >= 0.6 is 0 Å². The molecule has 0 aliphatic carbocycles. The lowest BCUT2D eigenvalue weighted by Gasteiger charge is -2.13. The molecule has 0 saturated carbocycles. The van der Waals surface area contributed by atoms with Gasteiger partial charge in [0.2, 0.25) is 6.10 Å². The first-order valence-corrected chi connectivity index (χ1v) is 6.02. The number of cyclic esters (lactones) is 1. The zero-order valence-corrected chi connectivity index (χ0v) is 10.1. The molecule has 1 aromatic rings. The first kappa shape index (κ1) is 11.7. The number of rotatable bonds is 2. The Kier molecular flexibility index (Phi) is 2.91. The molecule has 2 heterocycles. The second-order valence-corrected chi connectivity index (χ2v) is 4.31. The van der Waals surface area contributed by atoms with Gasteiger partial charge in [0.25, 0.3) is 5.91 Å². The maximum Gasteiger partial charge on any atom is 0.416 e. The molecule has 0 aromatic heterocycles. The Labute approximate surface area is 109 Å². The van der Waals surface area contributed by atoms with Crippen molar-refractivity contribution >= 4 is 17.7 Å². The Morgan fingerprint density at radius 3 is 2.79 bits per heavy atom. The third kappa shape index (κ3) is 2.16. The van der Waals surface area contributed by atoms with Gasteiger partial charge in [-0.3, -0.25) is 4.79 Å². The van der Waals surface area contributed by atoms with Gasteiger partial charge in [0.1, 0.15) is 6.61 Å². The molecule has 0 bridgehead atoms. The topological polar surface area (TPSA) is 68.2 Å². The second-order valence-electron chi connectivity index (χ2n) is 4.31. The van der Waals surface area contributed by atoms with Crippen molar-refractivity contribution < 1.29 is 19.2 Å². The zero-order valence-electron chi connectivity index (χ0n) is 10.1. The highest BCUT2D eigenvalue weighted by molar-refractivity contribution is 6.05. The molecule has 2 aliphatic heterocycles. The highest BCUT2D eigenvalue weighted by atomic mass is 16.6. The minimum atomic E-state index is -0.735. The van der Waals surface area contributed by atoms with Crippen LogP contribution in [0.1, 0.15) is 12.0 Å². The number of carbonyl (C=O) groups excluding carboxylic acids is 2. The molecule has 1 saturated heterocycles. The van der Waals surface area contributed by atoms with E-state index in [2.05, 4.69) is 5.16 Å². The molecule has 98 valence electrons. The van der Waals surface area contributed by atoms with Crippen LogP contribution in [0.25, 0.3) is 0 Å². The summed E-state index contributed by atoms with van der Waals surface area (Å²) in [5.41, 5.74) is 1.63. The number of ether oxygens (including phenoxy) is 1. The monoisotopic (exact) mass is 260 g/mol. The quantitative estimate of drug-likeness (QED) is 0.800. The van der Waals surface area contributed by atoms with Gasteiger partial charge in [-0.25, -0.2) is 9.69 Å². The van der Waals surface area contributed by atoms with Crippen molar-refractivity contribution in [3.8, 4) is 0 Å². The minimum absolute atomic E-state index is 0.240. The van der Waals surface area contributed by atoms with Crippen LogP contribution in [0.3, 0.4) is 0 Å². The van der Waals surface area contributed by atoms with Crippen LogP contribution in [0.5, 0.6) is 0 Å². The fourth-order valence-electron chi connectivity index (χ4n) is 2.08. The van der Waals surface area contributed by atoms with Crippen LogP contribution < -0.4 is 0 Å². The Morgan fingerprint density at radius 2 is 2.11 bits per heavy atom. The normalized spacial score (nSPS) is 21.9. The van der Waals surface area contributed by atoms with Crippen LogP contribution in [0.15, 0.2) is 35.5 Å². The summed E-state index contributed by atoms with van der Waals surface area (Å²) in [5.74, 6) is -0.391. The molecule has 1 fully saturated rings. The van der Waals surface area contributed by atoms with Gasteiger partial charge in [-0.1, -0.05) is 35.5 Å². The van der Waals surface area contributed by atoms with E-state index >= 15 is 0 Å². The van der Waals surface area contributed by atoms with Gasteiger partial charge >= 0.3 is 6.09 Å².